The van der Waals surface area contributed by atoms with Crippen LogP contribution in [0.2, 0.25) is 0 Å². The number of nitrogens with zero attached hydrogens (tertiary/aromatic N) is 3. The highest BCUT2D eigenvalue weighted by Crippen LogP contribution is 2.72. The largest absolute Gasteiger partial charge is 0.494 e. The Kier molecular flexibility index (Phi) is 10.2. The lowest BCUT2D eigenvalue weighted by Gasteiger charge is -2.40. The molecule has 3 heterocycles. The smallest absolute Gasteiger partial charge is 0.251 e. The molecule has 0 aliphatic carbocycles. The van der Waals surface area contributed by atoms with Gasteiger partial charge in [0.25, 0.3) is 5.91 Å². The number of carbonyl (C=O) groups excluding carboxylic acids is 3. The fraction of sp³-hybridized carbons (Fsp3) is 0.439. The summed E-state index contributed by atoms with van der Waals surface area (Å²) >= 11 is 1.64. The highest BCUT2D eigenvalue weighted by atomic mass is 32.2. The third-order valence-electron chi connectivity index (χ3n) is 10.7. The highest BCUT2D eigenvalue weighted by Gasteiger charge is 2.78. The predicted molar refractivity (Wildman–Crippen MR) is 203 cm³/mol. The molecule has 6 atom stereocenters. The molecule has 0 aromatic heterocycles. The molecule has 0 saturated carbocycles. The van der Waals surface area contributed by atoms with Crippen molar-refractivity contribution in [3.63, 3.8) is 0 Å². The van der Waals surface area contributed by atoms with Gasteiger partial charge in [0.15, 0.2) is 0 Å². The number of anilines is 2. The summed E-state index contributed by atoms with van der Waals surface area (Å²) < 4.78 is 4.24. The molecule has 0 radical (unpaired) electrons. The van der Waals surface area contributed by atoms with E-state index in [2.05, 4.69) is 33.9 Å². The number of benzene rings is 3. The number of carbonyl (C=O) groups is 3. The number of ether oxygens (including phenoxy) is 1. The van der Waals surface area contributed by atoms with Gasteiger partial charge < -0.3 is 24.5 Å². The van der Waals surface area contributed by atoms with Gasteiger partial charge in [-0.15, -0.1) is 24.9 Å². The molecule has 2 bridgehead atoms. The number of hydrogen-bond acceptors (Lipinski definition) is 6. The summed E-state index contributed by atoms with van der Waals surface area (Å²) in [7, 11) is 0. The van der Waals surface area contributed by atoms with Crippen molar-refractivity contribution in [1.29, 1.82) is 0 Å². The van der Waals surface area contributed by atoms with Gasteiger partial charge in [-0.25, -0.2) is 0 Å². The first-order valence-electron chi connectivity index (χ1n) is 17.7. The summed E-state index contributed by atoms with van der Waals surface area (Å²) in [5.74, 6) is -1.11. The Labute approximate surface area is 300 Å². The van der Waals surface area contributed by atoms with E-state index in [0.717, 1.165) is 10.8 Å². The van der Waals surface area contributed by atoms with E-state index in [1.54, 1.807) is 38.6 Å². The highest BCUT2D eigenvalue weighted by molar-refractivity contribution is 8.02. The van der Waals surface area contributed by atoms with Gasteiger partial charge in [0.1, 0.15) is 11.8 Å². The fourth-order valence-electron chi connectivity index (χ4n) is 8.69. The zero-order valence-corrected chi connectivity index (χ0v) is 30.4. The Balaban J connectivity index is 1.45. The van der Waals surface area contributed by atoms with Crippen molar-refractivity contribution in [1.82, 2.24) is 4.90 Å². The van der Waals surface area contributed by atoms with Crippen LogP contribution in [-0.2, 0) is 14.4 Å². The van der Waals surface area contributed by atoms with Crippen LogP contribution in [0.1, 0.15) is 47.0 Å². The molecule has 3 saturated heterocycles. The van der Waals surface area contributed by atoms with Crippen LogP contribution in [-0.4, -0.2) is 75.6 Å². The molecule has 3 aromatic carbocycles. The first-order chi connectivity index (χ1) is 24.0. The van der Waals surface area contributed by atoms with Crippen molar-refractivity contribution < 1.29 is 24.2 Å². The second-order valence-electron chi connectivity index (χ2n) is 14.4. The van der Waals surface area contributed by atoms with Crippen molar-refractivity contribution in [2.75, 3.05) is 36.1 Å². The van der Waals surface area contributed by atoms with Gasteiger partial charge in [-0.1, -0.05) is 56.3 Å². The summed E-state index contributed by atoms with van der Waals surface area (Å²) in [4.78, 5) is 50.3. The van der Waals surface area contributed by atoms with Gasteiger partial charge >= 0.3 is 0 Å². The van der Waals surface area contributed by atoms with Gasteiger partial charge in [0.2, 0.25) is 11.8 Å². The van der Waals surface area contributed by atoms with Crippen molar-refractivity contribution in [2.24, 2.45) is 17.8 Å². The van der Waals surface area contributed by atoms with E-state index < -0.39 is 33.4 Å². The fourth-order valence-corrected chi connectivity index (χ4v) is 11.0. The van der Waals surface area contributed by atoms with Crippen LogP contribution in [0.4, 0.5) is 11.4 Å². The van der Waals surface area contributed by atoms with Gasteiger partial charge in [-0.3, -0.25) is 14.4 Å². The average Bonchev–Trinajstić information content (AvgIpc) is 3.68. The molecule has 3 aromatic rings. The van der Waals surface area contributed by atoms with Gasteiger partial charge in [0, 0.05) is 29.2 Å². The lowest BCUT2D eigenvalue weighted by atomic mass is 9.66. The number of aliphatic hydroxyl groups excluding tert-OH is 1. The molecule has 50 heavy (non-hydrogen) atoms. The Hall–Kier alpha value is -4.08. The number of likely N-dealkylation sites (tertiary alicyclic amines) is 1. The van der Waals surface area contributed by atoms with Crippen LogP contribution < -0.4 is 14.5 Å². The average molecular weight is 696 g/mol. The van der Waals surface area contributed by atoms with E-state index in [1.165, 1.54) is 0 Å². The van der Waals surface area contributed by atoms with E-state index in [-0.39, 0.29) is 43.3 Å². The SMILES string of the molecule is C=CCN(C(=O)C1N([C@@H](CO)CC(C)C)C(=O)[C@@H]2[C@@H](C(=O)N(CC=C)c3ccc(OCC)cc3)[C@@]3(C)CCC12S3)c1ccc2ccccc2c1. The second kappa shape index (κ2) is 14.3. The summed E-state index contributed by atoms with van der Waals surface area (Å²) in [5.41, 5.74) is 1.41. The minimum Gasteiger partial charge on any atom is -0.494 e. The van der Waals surface area contributed by atoms with E-state index >= 15 is 9.59 Å². The normalized spacial score (nSPS) is 25.8. The number of thioether (sulfide) groups is 1. The maximum atomic E-state index is 15.3. The third kappa shape index (κ3) is 6.02. The lowest BCUT2D eigenvalue weighted by Crippen LogP contribution is -2.58. The monoisotopic (exact) mass is 695 g/mol. The number of fused-ring (bicyclic) bond motifs is 2. The standard InChI is InChI=1S/C41H49N3O5S/c1-7-22-42(30-16-18-33(19-17-30)49-9-3)37(46)34-35-38(47)44(32(26-45)24-27(4)5)36(41(35)21-20-40(34,6)50-41)39(48)43(23-8-2)31-15-14-28-12-10-11-13-29(28)25-31/h7-8,10-19,25,27,32,34-36,45H,1-2,9,20-24,26H2,3-6H3/t32-,34+,35+,36?,40-,41?/m1/s1. The Bertz CT molecular complexity index is 1780. The summed E-state index contributed by atoms with van der Waals surface area (Å²) in [5, 5.41) is 12.9. The summed E-state index contributed by atoms with van der Waals surface area (Å²) in [6.07, 6.45) is 5.24. The van der Waals surface area contributed by atoms with Gasteiger partial charge in [0.05, 0.1) is 35.8 Å². The minimum absolute atomic E-state index is 0.154. The maximum absolute atomic E-state index is 15.3. The van der Waals surface area contributed by atoms with Crippen molar-refractivity contribution in [3.8, 4) is 5.75 Å². The van der Waals surface area contributed by atoms with Crippen LogP contribution >= 0.6 is 11.8 Å². The molecule has 1 N–H and O–H groups in total. The summed E-state index contributed by atoms with van der Waals surface area (Å²) in [6.45, 7) is 16.8. The van der Waals surface area contributed by atoms with Gasteiger partial charge in [-0.2, -0.15) is 0 Å². The van der Waals surface area contributed by atoms with Crippen molar-refractivity contribution in [2.45, 2.75) is 68.5 Å². The molecular weight excluding hydrogens is 647 g/mol. The predicted octanol–water partition coefficient (Wildman–Crippen LogP) is 6.87. The first kappa shape index (κ1) is 35.7. The molecule has 264 valence electrons. The zero-order valence-electron chi connectivity index (χ0n) is 29.6. The molecule has 3 aliphatic heterocycles. The number of rotatable bonds is 14. The Morgan fingerprint density at radius 3 is 2.24 bits per heavy atom. The Morgan fingerprint density at radius 1 is 0.980 bits per heavy atom. The lowest BCUT2D eigenvalue weighted by molar-refractivity contribution is -0.142. The van der Waals surface area contributed by atoms with Crippen molar-refractivity contribution >= 4 is 51.6 Å². The topological polar surface area (TPSA) is 90.4 Å². The molecule has 3 fully saturated rings. The van der Waals surface area contributed by atoms with Crippen LogP contribution in [0.15, 0.2) is 92.0 Å². The second-order valence-corrected chi connectivity index (χ2v) is 16.3. The number of aliphatic hydroxyl groups is 1. The molecule has 1 spiro atoms. The Morgan fingerprint density at radius 2 is 1.62 bits per heavy atom. The van der Waals surface area contributed by atoms with E-state index in [1.807, 2.05) is 73.7 Å². The number of amides is 3. The van der Waals surface area contributed by atoms with E-state index in [4.69, 9.17) is 4.74 Å². The maximum Gasteiger partial charge on any atom is 0.251 e. The molecule has 6 rings (SSSR count). The molecule has 3 amide bonds. The third-order valence-corrected chi connectivity index (χ3v) is 12.7. The molecule has 2 unspecified atom stereocenters. The quantitative estimate of drug-likeness (QED) is 0.185. The van der Waals surface area contributed by atoms with E-state index in [9.17, 15) is 9.90 Å². The van der Waals surface area contributed by atoms with Gasteiger partial charge in [-0.05, 0) is 86.2 Å². The number of hydrogen-bond donors (Lipinski definition) is 1. The minimum atomic E-state index is -0.870. The van der Waals surface area contributed by atoms with Crippen LogP contribution in [0.3, 0.4) is 0 Å². The first-order valence-corrected chi connectivity index (χ1v) is 18.5. The molecule has 3 aliphatic rings. The van der Waals surface area contributed by atoms with Crippen molar-refractivity contribution in [3.05, 3.63) is 92.0 Å². The van der Waals surface area contributed by atoms with Crippen LogP contribution in [0.5, 0.6) is 5.75 Å². The molecule has 8 nitrogen and oxygen atoms in total. The van der Waals surface area contributed by atoms with Crippen LogP contribution in [0.25, 0.3) is 10.8 Å². The van der Waals surface area contributed by atoms with E-state index in [0.29, 0.717) is 43.0 Å². The summed E-state index contributed by atoms with van der Waals surface area (Å²) in [6, 6.07) is 19.9. The molecular formula is C41H49N3O5S. The van der Waals surface area contributed by atoms with Crippen LogP contribution in [0, 0.1) is 17.8 Å². The molecule has 9 heteroatoms. The zero-order chi connectivity index (χ0) is 35.8.